The molecule has 0 aliphatic heterocycles. The number of benzene rings is 1. The van der Waals surface area contributed by atoms with Gasteiger partial charge in [0.2, 0.25) is 5.95 Å². The topological polar surface area (TPSA) is 82.2 Å². The molecule has 7 nitrogen and oxygen atoms in total. The van der Waals surface area contributed by atoms with Gasteiger partial charge in [0.1, 0.15) is 5.82 Å². The van der Waals surface area contributed by atoms with Crippen LogP contribution in [0.15, 0.2) is 24.3 Å². The van der Waals surface area contributed by atoms with E-state index in [9.17, 15) is 4.79 Å². The SMILES string of the molecule is Cc1cc(NCCN(C)C)nc(NC(=O)Nc2ccc(Cl)c(Cl)c2)n1. The summed E-state index contributed by atoms with van der Waals surface area (Å²) in [5.41, 5.74) is 1.26. The standard InChI is InChI=1S/C16H20Cl2N6O/c1-10-8-14(19-6-7-24(2)3)22-15(20-10)23-16(25)21-11-4-5-12(17)13(18)9-11/h4-5,8-9H,6-7H2,1-3H3,(H3,19,20,21,22,23,25). The summed E-state index contributed by atoms with van der Waals surface area (Å²) in [7, 11) is 3.99. The number of halogens is 2. The molecule has 3 N–H and O–H groups in total. The number of nitrogens with one attached hydrogen (secondary N) is 3. The largest absolute Gasteiger partial charge is 0.369 e. The summed E-state index contributed by atoms with van der Waals surface area (Å²) in [6.07, 6.45) is 0. The van der Waals surface area contributed by atoms with Crippen LogP contribution in [0.5, 0.6) is 0 Å². The summed E-state index contributed by atoms with van der Waals surface area (Å²) < 4.78 is 0. The first-order valence-corrected chi connectivity index (χ1v) is 8.36. The molecule has 0 unspecified atom stereocenters. The van der Waals surface area contributed by atoms with E-state index >= 15 is 0 Å². The number of hydrogen-bond donors (Lipinski definition) is 3. The van der Waals surface area contributed by atoms with E-state index in [1.165, 1.54) is 0 Å². The van der Waals surface area contributed by atoms with E-state index in [1.807, 2.05) is 27.1 Å². The molecule has 0 aliphatic rings. The highest BCUT2D eigenvalue weighted by Crippen LogP contribution is 2.25. The van der Waals surface area contributed by atoms with Crippen molar-refractivity contribution in [2.45, 2.75) is 6.92 Å². The second-order valence-corrected chi connectivity index (χ2v) is 6.47. The Morgan fingerprint density at radius 3 is 2.56 bits per heavy atom. The minimum Gasteiger partial charge on any atom is -0.369 e. The molecule has 9 heteroatoms. The van der Waals surface area contributed by atoms with Crippen LogP contribution in [0.1, 0.15) is 5.69 Å². The summed E-state index contributed by atoms with van der Waals surface area (Å²) in [5.74, 6) is 0.865. The van der Waals surface area contributed by atoms with Gasteiger partial charge in [-0.05, 0) is 39.2 Å². The maximum absolute atomic E-state index is 12.1. The second-order valence-electron chi connectivity index (χ2n) is 5.66. The van der Waals surface area contributed by atoms with E-state index in [1.54, 1.807) is 18.2 Å². The minimum atomic E-state index is -0.469. The third-order valence-electron chi connectivity index (χ3n) is 3.12. The molecule has 0 saturated carbocycles. The van der Waals surface area contributed by atoms with Crippen molar-refractivity contribution in [1.82, 2.24) is 14.9 Å². The van der Waals surface area contributed by atoms with Crippen LogP contribution in [0, 0.1) is 6.92 Å². The number of carbonyl (C=O) groups is 1. The summed E-state index contributed by atoms with van der Waals surface area (Å²) >= 11 is 11.8. The van der Waals surface area contributed by atoms with Crippen molar-refractivity contribution in [1.29, 1.82) is 0 Å². The Labute approximate surface area is 156 Å². The molecule has 0 bridgehead atoms. The molecule has 0 fully saturated rings. The van der Waals surface area contributed by atoms with Crippen LogP contribution in [-0.2, 0) is 0 Å². The maximum atomic E-state index is 12.1. The Morgan fingerprint density at radius 1 is 1.12 bits per heavy atom. The fraction of sp³-hybridized carbons (Fsp3) is 0.312. The summed E-state index contributed by atoms with van der Waals surface area (Å²) in [6.45, 7) is 3.43. The van der Waals surface area contributed by atoms with Gasteiger partial charge >= 0.3 is 6.03 Å². The molecule has 0 aliphatic carbocycles. The number of hydrogen-bond acceptors (Lipinski definition) is 5. The molecule has 0 spiro atoms. The number of carbonyl (C=O) groups excluding carboxylic acids is 1. The fourth-order valence-electron chi connectivity index (χ4n) is 1.96. The lowest BCUT2D eigenvalue weighted by Gasteiger charge is -2.12. The van der Waals surface area contributed by atoms with Gasteiger partial charge in [-0.25, -0.2) is 9.78 Å². The number of anilines is 3. The molecule has 2 rings (SSSR count). The molecule has 2 amide bonds. The van der Waals surface area contributed by atoms with Gasteiger partial charge in [-0.2, -0.15) is 4.98 Å². The Kier molecular flexibility index (Phi) is 6.81. The second kappa shape index (κ2) is 8.84. The first kappa shape index (κ1) is 19.2. The van der Waals surface area contributed by atoms with Crippen molar-refractivity contribution in [3.8, 4) is 0 Å². The third-order valence-corrected chi connectivity index (χ3v) is 3.86. The normalized spacial score (nSPS) is 10.6. The number of likely N-dealkylation sites (N-methyl/N-ethyl adjacent to an activating group) is 1. The van der Waals surface area contributed by atoms with Crippen LogP contribution < -0.4 is 16.0 Å². The first-order valence-electron chi connectivity index (χ1n) is 7.61. The Hall–Kier alpha value is -2.09. The Morgan fingerprint density at radius 2 is 1.88 bits per heavy atom. The molecule has 1 heterocycles. The van der Waals surface area contributed by atoms with Crippen LogP contribution in [0.2, 0.25) is 10.0 Å². The summed E-state index contributed by atoms with van der Waals surface area (Å²) in [5, 5.41) is 9.24. The van der Waals surface area contributed by atoms with Crippen molar-refractivity contribution < 1.29 is 4.79 Å². The van der Waals surface area contributed by atoms with Gasteiger partial charge in [-0.3, -0.25) is 5.32 Å². The van der Waals surface area contributed by atoms with Gasteiger partial charge in [-0.1, -0.05) is 23.2 Å². The lowest BCUT2D eigenvalue weighted by Crippen LogP contribution is -2.23. The van der Waals surface area contributed by atoms with E-state index < -0.39 is 6.03 Å². The summed E-state index contributed by atoms with van der Waals surface area (Å²) in [4.78, 5) is 22.7. The van der Waals surface area contributed by atoms with Gasteiger partial charge < -0.3 is 15.5 Å². The third kappa shape index (κ3) is 6.38. The molecule has 1 aromatic heterocycles. The molecule has 0 saturated heterocycles. The number of aromatic nitrogens is 2. The van der Waals surface area contributed by atoms with Crippen molar-refractivity contribution in [3.63, 3.8) is 0 Å². The zero-order chi connectivity index (χ0) is 18.4. The highest BCUT2D eigenvalue weighted by atomic mass is 35.5. The predicted molar refractivity (Wildman–Crippen MR) is 103 cm³/mol. The Balaban J connectivity index is 1.99. The zero-order valence-corrected chi connectivity index (χ0v) is 15.7. The van der Waals surface area contributed by atoms with E-state index in [0.717, 1.165) is 18.8 Å². The number of amides is 2. The van der Waals surface area contributed by atoms with Crippen molar-refractivity contribution in [2.75, 3.05) is 43.1 Å². The molecule has 25 heavy (non-hydrogen) atoms. The minimum absolute atomic E-state index is 0.213. The van der Waals surface area contributed by atoms with Crippen LogP contribution >= 0.6 is 23.2 Å². The van der Waals surface area contributed by atoms with Crippen molar-refractivity contribution in [2.24, 2.45) is 0 Å². The van der Waals surface area contributed by atoms with Crippen LogP contribution in [0.4, 0.5) is 22.2 Å². The highest BCUT2D eigenvalue weighted by molar-refractivity contribution is 6.42. The lowest BCUT2D eigenvalue weighted by atomic mass is 10.3. The average Bonchev–Trinajstić information content (AvgIpc) is 2.50. The molecular weight excluding hydrogens is 363 g/mol. The molecule has 0 radical (unpaired) electrons. The molecule has 134 valence electrons. The Bertz CT molecular complexity index is 753. The smallest absolute Gasteiger partial charge is 0.326 e. The average molecular weight is 383 g/mol. The lowest BCUT2D eigenvalue weighted by molar-refractivity contribution is 0.262. The van der Waals surface area contributed by atoms with Crippen LogP contribution in [-0.4, -0.2) is 48.1 Å². The summed E-state index contributed by atoms with van der Waals surface area (Å²) in [6, 6.07) is 6.17. The van der Waals surface area contributed by atoms with Gasteiger partial charge in [0.15, 0.2) is 0 Å². The molecule has 2 aromatic rings. The van der Waals surface area contributed by atoms with Gasteiger partial charge in [0, 0.05) is 30.5 Å². The van der Waals surface area contributed by atoms with Crippen LogP contribution in [0.25, 0.3) is 0 Å². The first-order chi connectivity index (χ1) is 11.8. The van der Waals surface area contributed by atoms with E-state index in [0.29, 0.717) is 21.6 Å². The molecular formula is C16H20Cl2N6O. The van der Waals surface area contributed by atoms with E-state index in [2.05, 4.69) is 30.8 Å². The van der Waals surface area contributed by atoms with Crippen LogP contribution in [0.3, 0.4) is 0 Å². The van der Waals surface area contributed by atoms with Crippen molar-refractivity contribution in [3.05, 3.63) is 40.0 Å². The fourth-order valence-corrected chi connectivity index (χ4v) is 2.26. The number of nitrogens with zero attached hydrogens (tertiary/aromatic N) is 3. The van der Waals surface area contributed by atoms with E-state index in [-0.39, 0.29) is 5.95 Å². The van der Waals surface area contributed by atoms with Gasteiger partial charge in [-0.15, -0.1) is 0 Å². The quantitative estimate of drug-likeness (QED) is 0.709. The monoisotopic (exact) mass is 382 g/mol. The van der Waals surface area contributed by atoms with Gasteiger partial charge in [0.05, 0.1) is 10.0 Å². The molecule has 1 aromatic carbocycles. The predicted octanol–water partition coefficient (Wildman–Crippen LogP) is 3.71. The number of urea groups is 1. The highest BCUT2D eigenvalue weighted by Gasteiger charge is 2.08. The number of aryl methyl sites for hydroxylation is 1. The van der Waals surface area contributed by atoms with E-state index in [4.69, 9.17) is 23.2 Å². The van der Waals surface area contributed by atoms with Gasteiger partial charge in [0.25, 0.3) is 0 Å². The van der Waals surface area contributed by atoms with Crippen molar-refractivity contribution >= 4 is 46.7 Å². The molecule has 0 atom stereocenters. The number of rotatable bonds is 6. The maximum Gasteiger partial charge on any atom is 0.326 e. The zero-order valence-electron chi connectivity index (χ0n) is 14.2.